The van der Waals surface area contributed by atoms with Crippen molar-refractivity contribution in [1.29, 1.82) is 0 Å². The van der Waals surface area contributed by atoms with Crippen molar-refractivity contribution in [3.8, 4) is 11.3 Å². The summed E-state index contributed by atoms with van der Waals surface area (Å²) in [5.41, 5.74) is 1.88. The lowest BCUT2D eigenvalue weighted by Crippen LogP contribution is -2.15. The number of aliphatic imine (C=N–C) groups is 1. The standard InChI is InChI=1S/C14H14ClN3S/c15-11-6-2-1-5-10(11)12-9-19-14(17-12)18-13-7-3-4-8-16-13/h1-2,5-6,9H,3-4,7-8H2,(H,16,17,18). The SMILES string of the molecule is Clc1ccccc1-c1csc(NC2=NCCCC2)n1. The Labute approximate surface area is 121 Å². The lowest BCUT2D eigenvalue weighted by Gasteiger charge is -2.11. The zero-order chi connectivity index (χ0) is 13.1. The summed E-state index contributed by atoms with van der Waals surface area (Å²) >= 11 is 7.77. The van der Waals surface area contributed by atoms with Crippen molar-refractivity contribution in [3.05, 3.63) is 34.7 Å². The Morgan fingerprint density at radius 3 is 2.89 bits per heavy atom. The Bertz CT molecular complexity index is 606. The van der Waals surface area contributed by atoms with Crippen LogP contribution in [0, 0.1) is 0 Å². The average molecular weight is 292 g/mol. The smallest absolute Gasteiger partial charge is 0.188 e. The fraction of sp³-hybridized carbons (Fsp3) is 0.286. The molecule has 5 heteroatoms. The van der Waals surface area contributed by atoms with Gasteiger partial charge in [-0.3, -0.25) is 4.99 Å². The summed E-state index contributed by atoms with van der Waals surface area (Å²) in [5.74, 6) is 1.05. The molecule has 98 valence electrons. The van der Waals surface area contributed by atoms with Crippen LogP contribution in [-0.2, 0) is 0 Å². The molecule has 0 atom stereocenters. The van der Waals surface area contributed by atoms with E-state index in [4.69, 9.17) is 11.6 Å². The molecule has 0 bridgehead atoms. The molecular formula is C14H14ClN3S. The summed E-state index contributed by atoms with van der Waals surface area (Å²) in [6.07, 6.45) is 3.41. The number of nitrogens with one attached hydrogen (secondary N) is 1. The number of anilines is 1. The fourth-order valence-corrected chi connectivity index (χ4v) is 3.01. The molecule has 2 aromatic rings. The first-order chi connectivity index (χ1) is 9.33. The molecule has 0 spiro atoms. The third kappa shape index (κ3) is 2.96. The molecule has 19 heavy (non-hydrogen) atoms. The molecule has 1 N–H and O–H groups in total. The highest BCUT2D eigenvalue weighted by Gasteiger charge is 2.10. The van der Waals surface area contributed by atoms with E-state index in [1.807, 2.05) is 29.6 Å². The second kappa shape index (κ2) is 5.72. The second-order valence-corrected chi connectivity index (χ2v) is 5.69. The van der Waals surface area contributed by atoms with Crippen LogP contribution >= 0.6 is 22.9 Å². The van der Waals surface area contributed by atoms with E-state index in [-0.39, 0.29) is 0 Å². The second-order valence-electron chi connectivity index (χ2n) is 4.43. The first kappa shape index (κ1) is 12.6. The van der Waals surface area contributed by atoms with Gasteiger partial charge in [0.05, 0.1) is 5.69 Å². The highest BCUT2D eigenvalue weighted by Crippen LogP contribution is 2.30. The monoisotopic (exact) mass is 291 g/mol. The van der Waals surface area contributed by atoms with Gasteiger partial charge in [0.1, 0.15) is 5.84 Å². The van der Waals surface area contributed by atoms with Crippen LogP contribution in [0.15, 0.2) is 34.6 Å². The number of hydrogen-bond acceptors (Lipinski definition) is 4. The fourth-order valence-electron chi connectivity index (χ4n) is 2.05. The van der Waals surface area contributed by atoms with Crippen molar-refractivity contribution in [3.63, 3.8) is 0 Å². The van der Waals surface area contributed by atoms with E-state index in [2.05, 4.69) is 15.3 Å². The number of benzene rings is 1. The van der Waals surface area contributed by atoms with E-state index in [1.54, 1.807) is 11.3 Å². The predicted octanol–water partition coefficient (Wildman–Crippen LogP) is 4.46. The lowest BCUT2D eigenvalue weighted by atomic mass is 10.2. The largest absolute Gasteiger partial charge is 0.320 e. The Morgan fingerprint density at radius 1 is 1.21 bits per heavy atom. The molecular weight excluding hydrogens is 278 g/mol. The van der Waals surface area contributed by atoms with E-state index >= 15 is 0 Å². The van der Waals surface area contributed by atoms with E-state index < -0.39 is 0 Å². The normalized spacial score (nSPS) is 15.1. The molecule has 0 fully saturated rings. The summed E-state index contributed by atoms with van der Waals surface area (Å²) < 4.78 is 0. The molecule has 0 unspecified atom stereocenters. The van der Waals surface area contributed by atoms with Gasteiger partial charge >= 0.3 is 0 Å². The topological polar surface area (TPSA) is 37.3 Å². The molecule has 0 radical (unpaired) electrons. The van der Waals surface area contributed by atoms with Crippen LogP contribution in [0.5, 0.6) is 0 Å². The van der Waals surface area contributed by atoms with E-state index in [9.17, 15) is 0 Å². The van der Waals surface area contributed by atoms with Crippen molar-refractivity contribution in [2.75, 3.05) is 11.9 Å². The summed E-state index contributed by atoms with van der Waals surface area (Å²) in [4.78, 5) is 9.05. The summed E-state index contributed by atoms with van der Waals surface area (Å²) in [6, 6.07) is 7.76. The van der Waals surface area contributed by atoms with Crippen molar-refractivity contribution < 1.29 is 0 Å². The van der Waals surface area contributed by atoms with Gasteiger partial charge in [-0.1, -0.05) is 29.8 Å². The van der Waals surface area contributed by atoms with Gasteiger partial charge < -0.3 is 5.32 Å². The summed E-state index contributed by atoms with van der Waals surface area (Å²) in [5, 5.41) is 6.94. The highest BCUT2D eigenvalue weighted by atomic mass is 35.5. The number of hydrogen-bond donors (Lipinski definition) is 1. The molecule has 0 aliphatic carbocycles. The number of rotatable bonds is 2. The van der Waals surface area contributed by atoms with Gasteiger partial charge in [0.25, 0.3) is 0 Å². The van der Waals surface area contributed by atoms with Crippen LogP contribution in [0.2, 0.25) is 5.02 Å². The van der Waals surface area contributed by atoms with Gasteiger partial charge in [0, 0.05) is 28.9 Å². The van der Waals surface area contributed by atoms with Crippen LogP contribution in [-0.4, -0.2) is 17.4 Å². The Morgan fingerprint density at radius 2 is 2.11 bits per heavy atom. The quantitative estimate of drug-likeness (QED) is 0.887. The Kier molecular flexibility index (Phi) is 3.80. The molecule has 2 heterocycles. The van der Waals surface area contributed by atoms with Gasteiger partial charge in [0.15, 0.2) is 5.13 Å². The molecule has 0 saturated heterocycles. The summed E-state index contributed by atoms with van der Waals surface area (Å²) in [7, 11) is 0. The Balaban J connectivity index is 1.80. The molecule has 3 rings (SSSR count). The van der Waals surface area contributed by atoms with Crippen molar-refractivity contribution in [2.45, 2.75) is 19.3 Å². The van der Waals surface area contributed by atoms with Gasteiger partial charge in [0.2, 0.25) is 0 Å². The van der Waals surface area contributed by atoms with E-state index in [0.717, 1.165) is 40.2 Å². The third-order valence-electron chi connectivity index (χ3n) is 3.03. The average Bonchev–Trinajstić information content (AvgIpc) is 2.89. The minimum atomic E-state index is 0.731. The van der Waals surface area contributed by atoms with Gasteiger partial charge in [-0.25, -0.2) is 4.98 Å². The minimum Gasteiger partial charge on any atom is -0.320 e. The number of aromatic nitrogens is 1. The van der Waals surface area contributed by atoms with Crippen LogP contribution in [0.4, 0.5) is 5.13 Å². The van der Waals surface area contributed by atoms with Crippen LogP contribution in [0.25, 0.3) is 11.3 Å². The first-order valence-corrected chi connectivity index (χ1v) is 7.59. The maximum atomic E-state index is 6.18. The minimum absolute atomic E-state index is 0.731. The Hall–Kier alpha value is -1.39. The highest BCUT2D eigenvalue weighted by molar-refractivity contribution is 7.14. The molecule has 1 aromatic heterocycles. The number of nitrogens with zero attached hydrogens (tertiary/aromatic N) is 2. The van der Waals surface area contributed by atoms with Gasteiger partial charge in [-0.15, -0.1) is 11.3 Å². The van der Waals surface area contributed by atoms with Crippen LogP contribution in [0.1, 0.15) is 19.3 Å². The maximum Gasteiger partial charge on any atom is 0.188 e. The number of halogens is 1. The van der Waals surface area contributed by atoms with E-state index in [1.165, 1.54) is 12.8 Å². The zero-order valence-electron chi connectivity index (χ0n) is 10.4. The molecule has 1 aliphatic heterocycles. The lowest BCUT2D eigenvalue weighted by molar-refractivity contribution is 0.737. The third-order valence-corrected chi connectivity index (χ3v) is 4.12. The zero-order valence-corrected chi connectivity index (χ0v) is 12.0. The molecule has 0 saturated carbocycles. The first-order valence-electron chi connectivity index (χ1n) is 6.34. The molecule has 1 aliphatic rings. The predicted molar refractivity (Wildman–Crippen MR) is 82.3 cm³/mol. The number of amidine groups is 1. The van der Waals surface area contributed by atoms with Gasteiger partial charge in [-0.05, 0) is 18.9 Å². The van der Waals surface area contributed by atoms with Crippen LogP contribution < -0.4 is 5.32 Å². The van der Waals surface area contributed by atoms with Gasteiger partial charge in [-0.2, -0.15) is 0 Å². The number of thiazole rings is 1. The molecule has 0 amide bonds. The summed E-state index contributed by atoms with van der Waals surface area (Å²) in [6.45, 7) is 0.922. The molecule has 1 aromatic carbocycles. The van der Waals surface area contributed by atoms with E-state index in [0.29, 0.717) is 0 Å². The maximum absolute atomic E-state index is 6.18. The molecule has 3 nitrogen and oxygen atoms in total. The van der Waals surface area contributed by atoms with Crippen LogP contribution in [0.3, 0.4) is 0 Å². The van der Waals surface area contributed by atoms with Crippen molar-refractivity contribution >= 4 is 33.9 Å². The van der Waals surface area contributed by atoms with Crippen molar-refractivity contribution in [1.82, 2.24) is 4.98 Å². The van der Waals surface area contributed by atoms with Crippen molar-refractivity contribution in [2.24, 2.45) is 4.99 Å².